The third-order valence-corrected chi connectivity index (χ3v) is 3.70. The van der Waals surface area contributed by atoms with Gasteiger partial charge in [0.25, 0.3) is 0 Å². The molecule has 1 fully saturated rings. The van der Waals surface area contributed by atoms with Crippen LogP contribution in [0.1, 0.15) is 22.8 Å². The van der Waals surface area contributed by atoms with Gasteiger partial charge in [0.1, 0.15) is 0 Å². The van der Waals surface area contributed by atoms with Crippen LogP contribution in [0.2, 0.25) is 0 Å². The number of rotatable bonds is 4. The van der Waals surface area contributed by atoms with E-state index in [1.54, 1.807) is 25.1 Å². The van der Waals surface area contributed by atoms with E-state index in [-0.39, 0.29) is 11.9 Å². The predicted molar refractivity (Wildman–Crippen MR) is 73.7 cm³/mol. The smallest absolute Gasteiger partial charge is 0.248 e. The molecule has 1 aromatic carbocycles. The van der Waals surface area contributed by atoms with Gasteiger partial charge in [-0.05, 0) is 24.6 Å². The molecule has 2 rings (SSSR count). The molecule has 0 aliphatic carbocycles. The Labute approximate surface area is 117 Å². The van der Waals surface area contributed by atoms with Crippen molar-refractivity contribution in [3.63, 3.8) is 0 Å². The fraction of sp³-hybridized carbons (Fsp3) is 0.429. The highest BCUT2D eigenvalue weighted by Gasteiger charge is 2.44. The summed E-state index contributed by atoms with van der Waals surface area (Å²) in [6.45, 7) is 2.82. The molecule has 0 radical (unpaired) electrons. The number of carbonyl (C=O) groups excluding carboxylic acids is 2. The second-order valence-corrected chi connectivity index (χ2v) is 5.29. The summed E-state index contributed by atoms with van der Waals surface area (Å²) in [6.07, 6.45) is 0. The van der Waals surface area contributed by atoms with Crippen LogP contribution in [0.5, 0.6) is 0 Å². The van der Waals surface area contributed by atoms with Crippen molar-refractivity contribution in [1.29, 1.82) is 0 Å². The number of nitrogens with one attached hydrogen (secondary N) is 1. The number of benzene rings is 1. The van der Waals surface area contributed by atoms with Crippen molar-refractivity contribution in [2.75, 3.05) is 13.2 Å². The third kappa shape index (κ3) is 2.81. The van der Waals surface area contributed by atoms with Crippen LogP contribution in [0, 0.1) is 5.41 Å². The zero-order valence-electron chi connectivity index (χ0n) is 11.4. The van der Waals surface area contributed by atoms with Gasteiger partial charge >= 0.3 is 0 Å². The molecule has 0 aromatic heterocycles. The number of carbonyl (C=O) groups is 2. The number of nitrogens with two attached hydrogens (primary N) is 2. The zero-order chi connectivity index (χ0) is 14.8. The lowest BCUT2D eigenvalue weighted by Gasteiger charge is -2.25. The summed E-state index contributed by atoms with van der Waals surface area (Å²) in [5.74, 6) is -0.636. The van der Waals surface area contributed by atoms with Gasteiger partial charge in [-0.2, -0.15) is 0 Å². The van der Waals surface area contributed by atoms with E-state index >= 15 is 0 Å². The minimum absolute atomic E-state index is 0.146. The van der Waals surface area contributed by atoms with Gasteiger partial charge in [-0.1, -0.05) is 12.1 Å². The Morgan fingerprint density at radius 3 is 2.85 bits per heavy atom. The first kappa shape index (κ1) is 14.5. The van der Waals surface area contributed by atoms with Crippen LogP contribution in [0.25, 0.3) is 0 Å². The average molecular weight is 277 g/mol. The van der Waals surface area contributed by atoms with Gasteiger partial charge in [0.15, 0.2) is 0 Å². The molecule has 108 valence electrons. The first-order valence-corrected chi connectivity index (χ1v) is 6.44. The average Bonchev–Trinajstić information content (AvgIpc) is 2.77. The van der Waals surface area contributed by atoms with E-state index in [1.807, 2.05) is 6.07 Å². The van der Waals surface area contributed by atoms with E-state index in [0.717, 1.165) is 5.56 Å². The molecule has 0 spiro atoms. The van der Waals surface area contributed by atoms with Crippen molar-refractivity contribution < 1.29 is 14.3 Å². The first-order valence-electron chi connectivity index (χ1n) is 6.44. The van der Waals surface area contributed by atoms with E-state index in [9.17, 15) is 9.59 Å². The highest BCUT2D eigenvalue weighted by atomic mass is 16.5. The molecule has 1 aromatic rings. The lowest BCUT2D eigenvalue weighted by Crippen LogP contribution is -2.49. The summed E-state index contributed by atoms with van der Waals surface area (Å²) in [5.41, 5.74) is 11.6. The lowest BCUT2D eigenvalue weighted by molar-refractivity contribution is -0.130. The molecule has 1 aliphatic rings. The minimum atomic E-state index is -0.707. The van der Waals surface area contributed by atoms with E-state index in [1.165, 1.54) is 0 Å². The van der Waals surface area contributed by atoms with Crippen LogP contribution in [-0.2, 0) is 16.1 Å². The maximum atomic E-state index is 12.2. The van der Waals surface area contributed by atoms with Gasteiger partial charge in [-0.25, -0.2) is 0 Å². The van der Waals surface area contributed by atoms with Crippen molar-refractivity contribution in [2.45, 2.75) is 19.5 Å². The lowest BCUT2D eigenvalue weighted by atomic mass is 9.85. The van der Waals surface area contributed by atoms with Crippen LogP contribution in [0.3, 0.4) is 0 Å². The maximum Gasteiger partial charge on any atom is 0.248 e. The standard InChI is InChI=1S/C14H19N3O3/c1-14(8-20-7-11(14)15)13(19)17-6-9-3-2-4-10(5-9)12(16)18/h2-5,11H,6-8,15H2,1H3,(H2,16,18)(H,17,19). The summed E-state index contributed by atoms with van der Waals surface area (Å²) in [4.78, 5) is 23.3. The molecule has 20 heavy (non-hydrogen) atoms. The van der Waals surface area contributed by atoms with Crippen LogP contribution in [-0.4, -0.2) is 31.1 Å². The van der Waals surface area contributed by atoms with Gasteiger partial charge in [0.2, 0.25) is 11.8 Å². The van der Waals surface area contributed by atoms with Gasteiger partial charge in [0, 0.05) is 18.2 Å². The summed E-state index contributed by atoms with van der Waals surface area (Å²) in [7, 11) is 0. The van der Waals surface area contributed by atoms with Gasteiger partial charge in [0.05, 0.1) is 18.6 Å². The van der Waals surface area contributed by atoms with E-state index in [4.69, 9.17) is 16.2 Å². The molecule has 1 saturated heterocycles. The summed E-state index contributed by atoms with van der Waals surface area (Å²) in [6, 6.07) is 6.54. The van der Waals surface area contributed by atoms with Crippen molar-refractivity contribution in [1.82, 2.24) is 5.32 Å². The van der Waals surface area contributed by atoms with Crippen molar-refractivity contribution in [3.8, 4) is 0 Å². The van der Waals surface area contributed by atoms with Crippen LogP contribution in [0.15, 0.2) is 24.3 Å². The number of ether oxygens (including phenoxy) is 1. The number of hydrogen-bond donors (Lipinski definition) is 3. The Balaban J connectivity index is 2.00. The molecule has 5 N–H and O–H groups in total. The fourth-order valence-electron chi connectivity index (χ4n) is 2.14. The second-order valence-electron chi connectivity index (χ2n) is 5.29. The number of amides is 2. The molecule has 0 saturated carbocycles. The summed E-state index contributed by atoms with van der Waals surface area (Å²) < 4.78 is 5.25. The molecule has 1 aliphatic heterocycles. The molecule has 2 unspecified atom stereocenters. The zero-order valence-corrected chi connectivity index (χ0v) is 11.4. The molecule has 2 atom stereocenters. The molecule has 6 nitrogen and oxygen atoms in total. The first-order chi connectivity index (χ1) is 9.43. The molecule has 6 heteroatoms. The molecule has 2 amide bonds. The Hall–Kier alpha value is -1.92. The van der Waals surface area contributed by atoms with Gasteiger partial charge in [-0.3, -0.25) is 9.59 Å². The van der Waals surface area contributed by atoms with Gasteiger partial charge < -0.3 is 21.5 Å². The van der Waals surface area contributed by atoms with Crippen molar-refractivity contribution >= 4 is 11.8 Å². The molecular weight excluding hydrogens is 258 g/mol. The monoisotopic (exact) mass is 277 g/mol. The third-order valence-electron chi connectivity index (χ3n) is 3.70. The van der Waals surface area contributed by atoms with Gasteiger partial charge in [-0.15, -0.1) is 0 Å². The molecule has 1 heterocycles. The Morgan fingerprint density at radius 2 is 2.25 bits per heavy atom. The SMILES string of the molecule is CC1(C(=O)NCc2cccc(C(N)=O)c2)COCC1N. The topological polar surface area (TPSA) is 107 Å². The fourth-order valence-corrected chi connectivity index (χ4v) is 2.14. The largest absolute Gasteiger partial charge is 0.379 e. The number of hydrogen-bond acceptors (Lipinski definition) is 4. The molecule has 0 bridgehead atoms. The minimum Gasteiger partial charge on any atom is -0.379 e. The Morgan fingerprint density at radius 1 is 1.50 bits per heavy atom. The Bertz CT molecular complexity index is 532. The normalized spacial score (nSPS) is 25.4. The van der Waals surface area contributed by atoms with Crippen LogP contribution < -0.4 is 16.8 Å². The quantitative estimate of drug-likeness (QED) is 0.706. The number of primary amides is 1. The van der Waals surface area contributed by atoms with Crippen LogP contribution >= 0.6 is 0 Å². The van der Waals surface area contributed by atoms with E-state index in [2.05, 4.69) is 5.32 Å². The second kappa shape index (κ2) is 5.60. The highest BCUT2D eigenvalue weighted by Crippen LogP contribution is 2.27. The molecular formula is C14H19N3O3. The highest BCUT2D eigenvalue weighted by molar-refractivity contribution is 5.92. The predicted octanol–water partition coefficient (Wildman–Crippen LogP) is -0.234. The Kier molecular flexibility index (Phi) is 4.06. The maximum absolute atomic E-state index is 12.2. The van der Waals surface area contributed by atoms with E-state index in [0.29, 0.717) is 25.3 Å². The van der Waals surface area contributed by atoms with Crippen LogP contribution in [0.4, 0.5) is 0 Å². The summed E-state index contributed by atoms with van der Waals surface area (Å²) >= 11 is 0. The van der Waals surface area contributed by atoms with E-state index < -0.39 is 11.3 Å². The summed E-state index contributed by atoms with van der Waals surface area (Å²) in [5, 5.41) is 2.83. The van der Waals surface area contributed by atoms with Crippen molar-refractivity contribution in [3.05, 3.63) is 35.4 Å². The van der Waals surface area contributed by atoms with Crippen molar-refractivity contribution in [2.24, 2.45) is 16.9 Å².